The summed E-state index contributed by atoms with van der Waals surface area (Å²) in [7, 11) is 0. The Morgan fingerprint density at radius 3 is 2.58 bits per heavy atom. The van der Waals surface area contributed by atoms with Crippen LogP contribution in [-0.2, 0) is 0 Å². The number of aliphatic hydroxyl groups is 1. The van der Waals surface area contributed by atoms with Gasteiger partial charge in [-0.1, -0.05) is 19.8 Å². The number of aliphatic hydroxyl groups excluding tert-OH is 1. The first-order valence-corrected chi connectivity index (χ1v) is 9.35. The summed E-state index contributed by atoms with van der Waals surface area (Å²) in [6.45, 7) is 5.51. The normalized spacial score (nSPS) is 22.9. The number of pyridine rings is 1. The van der Waals surface area contributed by atoms with Crippen LogP contribution in [0.2, 0.25) is 0 Å². The van der Waals surface area contributed by atoms with Crippen LogP contribution in [0.15, 0.2) is 29.5 Å². The molecule has 0 aromatic carbocycles. The molecular weight excluding hydrogens is 300 g/mol. The maximum Gasteiger partial charge on any atom is 0.191 e. The maximum absolute atomic E-state index is 10.2. The number of aliphatic imine (C=N–C) groups is 1. The molecule has 5 heteroatoms. The number of aromatic nitrogens is 1. The van der Waals surface area contributed by atoms with Crippen LogP contribution < -0.4 is 10.6 Å². The summed E-state index contributed by atoms with van der Waals surface area (Å²) < 4.78 is 0. The molecule has 0 saturated heterocycles. The molecule has 1 aliphatic rings. The predicted molar refractivity (Wildman–Crippen MR) is 99.0 cm³/mol. The van der Waals surface area contributed by atoms with Crippen molar-refractivity contribution in [2.24, 2.45) is 10.9 Å². The number of nitrogens with one attached hydrogen (secondary N) is 2. The van der Waals surface area contributed by atoms with Crippen molar-refractivity contribution in [1.82, 2.24) is 15.6 Å². The van der Waals surface area contributed by atoms with Gasteiger partial charge in [-0.25, -0.2) is 0 Å². The highest BCUT2D eigenvalue weighted by molar-refractivity contribution is 5.80. The van der Waals surface area contributed by atoms with Gasteiger partial charge < -0.3 is 15.7 Å². The number of guanidine groups is 1. The molecule has 1 unspecified atom stereocenters. The van der Waals surface area contributed by atoms with Crippen LogP contribution in [0.3, 0.4) is 0 Å². The minimum atomic E-state index is -0.594. The first-order valence-electron chi connectivity index (χ1n) is 9.35. The molecule has 1 saturated carbocycles. The Morgan fingerprint density at radius 1 is 1.25 bits per heavy atom. The summed E-state index contributed by atoms with van der Waals surface area (Å²) >= 11 is 0. The zero-order chi connectivity index (χ0) is 17.2. The lowest BCUT2D eigenvalue weighted by Gasteiger charge is -2.30. The molecule has 0 aliphatic heterocycles. The molecule has 5 nitrogen and oxygen atoms in total. The summed E-state index contributed by atoms with van der Waals surface area (Å²) in [6, 6.07) is 4.15. The van der Waals surface area contributed by atoms with E-state index >= 15 is 0 Å². The van der Waals surface area contributed by atoms with E-state index in [1.165, 1.54) is 38.5 Å². The van der Waals surface area contributed by atoms with Gasteiger partial charge in [0.2, 0.25) is 0 Å². The van der Waals surface area contributed by atoms with E-state index in [0.29, 0.717) is 12.6 Å². The first kappa shape index (κ1) is 18.7. The van der Waals surface area contributed by atoms with Crippen molar-refractivity contribution in [3.05, 3.63) is 30.1 Å². The molecule has 0 amide bonds. The second-order valence-corrected chi connectivity index (χ2v) is 6.67. The Bertz CT molecular complexity index is 483. The van der Waals surface area contributed by atoms with Gasteiger partial charge in [0.05, 0.1) is 12.6 Å². The van der Waals surface area contributed by atoms with Crippen LogP contribution in [0.1, 0.15) is 64.0 Å². The van der Waals surface area contributed by atoms with E-state index in [1.807, 2.05) is 12.1 Å². The van der Waals surface area contributed by atoms with Crippen molar-refractivity contribution >= 4 is 5.96 Å². The fourth-order valence-electron chi connectivity index (χ4n) is 3.39. The number of nitrogens with zero attached hydrogens (tertiary/aromatic N) is 2. The van der Waals surface area contributed by atoms with Gasteiger partial charge in [0.1, 0.15) is 0 Å². The van der Waals surface area contributed by atoms with Gasteiger partial charge in [0.25, 0.3) is 0 Å². The Hall–Kier alpha value is -1.62. The van der Waals surface area contributed by atoms with Crippen LogP contribution >= 0.6 is 0 Å². The SMILES string of the molecule is CCCC1CCC(NC(=NCC(O)c2ccncc2)NCC)CC1. The van der Waals surface area contributed by atoms with Crippen molar-refractivity contribution in [2.45, 2.75) is 64.5 Å². The molecule has 1 aliphatic carbocycles. The Kier molecular flexibility index (Phi) is 8.02. The molecule has 1 aromatic heterocycles. The number of hydrogen-bond donors (Lipinski definition) is 3. The highest BCUT2D eigenvalue weighted by Gasteiger charge is 2.21. The summed E-state index contributed by atoms with van der Waals surface area (Å²) in [4.78, 5) is 8.54. The fourth-order valence-corrected chi connectivity index (χ4v) is 3.39. The van der Waals surface area contributed by atoms with Gasteiger partial charge in [-0.05, 0) is 56.2 Å². The van der Waals surface area contributed by atoms with Gasteiger partial charge in [-0.3, -0.25) is 9.98 Å². The third-order valence-electron chi connectivity index (χ3n) is 4.74. The van der Waals surface area contributed by atoms with E-state index in [9.17, 15) is 5.11 Å². The minimum absolute atomic E-state index is 0.352. The van der Waals surface area contributed by atoms with Crippen LogP contribution in [-0.4, -0.2) is 35.2 Å². The quantitative estimate of drug-likeness (QED) is 0.530. The molecule has 0 spiro atoms. The summed E-state index contributed by atoms with van der Waals surface area (Å²) in [6.07, 6.45) is 10.5. The lowest BCUT2D eigenvalue weighted by atomic mass is 9.83. The summed E-state index contributed by atoms with van der Waals surface area (Å²) in [5, 5.41) is 17.1. The van der Waals surface area contributed by atoms with Crippen molar-refractivity contribution in [2.75, 3.05) is 13.1 Å². The van der Waals surface area contributed by atoms with Crippen LogP contribution in [0, 0.1) is 5.92 Å². The Labute approximate surface area is 146 Å². The highest BCUT2D eigenvalue weighted by atomic mass is 16.3. The van der Waals surface area contributed by atoms with E-state index in [1.54, 1.807) is 12.4 Å². The third-order valence-corrected chi connectivity index (χ3v) is 4.74. The van der Waals surface area contributed by atoms with Gasteiger partial charge in [0.15, 0.2) is 5.96 Å². The van der Waals surface area contributed by atoms with Crippen LogP contribution in [0.25, 0.3) is 0 Å². The van der Waals surface area contributed by atoms with E-state index in [0.717, 1.165) is 24.0 Å². The molecule has 0 radical (unpaired) electrons. The molecular formula is C19H32N4O. The lowest BCUT2D eigenvalue weighted by molar-refractivity contribution is 0.187. The summed E-state index contributed by atoms with van der Waals surface area (Å²) in [5.74, 6) is 1.71. The molecule has 1 heterocycles. The first-order chi connectivity index (χ1) is 11.7. The van der Waals surface area contributed by atoms with Gasteiger partial charge >= 0.3 is 0 Å². The molecule has 134 valence electrons. The number of rotatable bonds is 7. The molecule has 2 rings (SSSR count). The second kappa shape index (κ2) is 10.3. The third kappa shape index (κ3) is 6.11. The Balaban J connectivity index is 1.85. The van der Waals surface area contributed by atoms with Crippen LogP contribution in [0.5, 0.6) is 0 Å². The average molecular weight is 332 g/mol. The number of hydrogen-bond acceptors (Lipinski definition) is 3. The lowest BCUT2D eigenvalue weighted by Crippen LogP contribution is -2.45. The molecule has 1 fully saturated rings. The van der Waals surface area contributed by atoms with Gasteiger partial charge in [-0.15, -0.1) is 0 Å². The highest BCUT2D eigenvalue weighted by Crippen LogP contribution is 2.27. The van der Waals surface area contributed by atoms with E-state index in [4.69, 9.17) is 0 Å². The van der Waals surface area contributed by atoms with Crippen molar-refractivity contribution in [3.8, 4) is 0 Å². The minimum Gasteiger partial charge on any atom is -0.386 e. The van der Waals surface area contributed by atoms with Gasteiger partial charge in [-0.2, -0.15) is 0 Å². The summed E-state index contributed by atoms with van der Waals surface area (Å²) in [5.41, 5.74) is 0.852. The van der Waals surface area contributed by atoms with E-state index in [2.05, 4.69) is 34.5 Å². The zero-order valence-electron chi connectivity index (χ0n) is 15.0. The van der Waals surface area contributed by atoms with E-state index in [-0.39, 0.29) is 0 Å². The van der Waals surface area contributed by atoms with Crippen molar-refractivity contribution < 1.29 is 5.11 Å². The monoisotopic (exact) mass is 332 g/mol. The van der Waals surface area contributed by atoms with Crippen molar-refractivity contribution in [1.29, 1.82) is 0 Å². The van der Waals surface area contributed by atoms with Crippen molar-refractivity contribution in [3.63, 3.8) is 0 Å². The second-order valence-electron chi connectivity index (χ2n) is 6.67. The van der Waals surface area contributed by atoms with Crippen LogP contribution in [0.4, 0.5) is 0 Å². The smallest absolute Gasteiger partial charge is 0.191 e. The largest absolute Gasteiger partial charge is 0.386 e. The molecule has 24 heavy (non-hydrogen) atoms. The Morgan fingerprint density at radius 2 is 1.96 bits per heavy atom. The van der Waals surface area contributed by atoms with Gasteiger partial charge in [0, 0.05) is 25.0 Å². The zero-order valence-corrected chi connectivity index (χ0v) is 15.0. The molecule has 3 N–H and O–H groups in total. The maximum atomic E-state index is 10.2. The standard InChI is InChI=1S/C19H32N4O/c1-3-5-15-6-8-17(9-7-15)23-19(21-4-2)22-14-18(24)16-10-12-20-13-11-16/h10-13,15,17-18,24H,3-9,14H2,1-2H3,(H2,21,22,23). The average Bonchev–Trinajstić information content (AvgIpc) is 2.62. The fraction of sp³-hybridized carbons (Fsp3) is 0.684. The molecule has 1 atom stereocenters. The van der Waals surface area contributed by atoms with E-state index < -0.39 is 6.10 Å². The topological polar surface area (TPSA) is 69.5 Å². The molecule has 1 aromatic rings. The molecule has 0 bridgehead atoms. The predicted octanol–water partition coefficient (Wildman–Crippen LogP) is 3.03.